The van der Waals surface area contributed by atoms with Gasteiger partial charge in [-0.1, -0.05) is 23.2 Å². The van der Waals surface area contributed by atoms with Gasteiger partial charge in [0.25, 0.3) is 0 Å². The predicted molar refractivity (Wildman–Crippen MR) is 97.5 cm³/mol. The van der Waals surface area contributed by atoms with Crippen LogP contribution in [0.15, 0.2) is 30.5 Å². The van der Waals surface area contributed by atoms with Crippen LogP contribution in [0.5, 0.6) is 0 Å². The number of thiocarbonyl (C=S) groups is 1. The van der Waals surface area contributed by atoms with E-state index in [2.05, 4.69) is 21.3 Å². The summed E-state index contributed by atoms with van der Waals surface area (Å²) in [5.41, 5.74) is 5.40. The molecule has 2 aromatic rings. The van der Waals surface area contributed by atoms with E-state index < -0.39 is 4.92 Å². The summed E-state index contributed by atoms with van der Waals surface area (Å²) in [6.45, 7) is 0.182. The van der Waals surface area contributed by atoms with E-state index in [9.17, 15) is 14.9 Å². The predicted octanol–water partition coefficient (Wildman–Crippen LogP) is 2.51. The maximum Gasteiger partial charge on any atom is 0.389 e. The first-order valence-electron chi connectivity index (χ1n) is 6.84. The molecule has 12 heteroatoms. The maximum atomic E-state index is 11.8. The zero-order valence-corrected chi connectivity index (χ0v) is 14.9. The van der Waals surface area contributed by atoms with E-state index in [4.69, 9.17) is 35.4 Å². The monoisotopic (exact) mass is 402 g/mol. The summed E-state index contributed by atoms with van der Waals surface area (Å²) in [5, 5.41) is 18.0. The number of amides is 1. The van der Waals surface area contributed by atoms with Crippen LogP contribution in [0.3, 0.4) is 0 Å². The van der Waals surface area contributed by atoms with Crippen LogP contribution in [0.25, 0.3) is 0 Å². The van der Waals surface area contributed by atoms with Gasteiger partial charge in [-0.15, -0.1) is 0 Å². The van der Waals surface area contributed by atoms with Crippen molar-refractivity contribution in [3.8, 4) is 0 Å². The van der Waals surface area contributed by atoms with Crippen molar-refractivity contribution >= 4 is 57.9 Å². The molecule has 132 valence electrons. The average molecular weight is 403 g/mol. The zero-order valence-electron chi connectivity index (χ0n) is 12.5. The molecule has 0 aliphatic heterocycles. The molecular weight excluding hydrogens is 391 g/mol. The molecule has 0 aliphatic rings. The molecular formula is C13H12Cl2N6O3S. The van der Waals surface area contributed by atoms with Gasteiger partial charge in [0, 0.05) is 11.4 Å². The Morgan fingerprint density at radius 2 is 2.08 bits per heavy atom. The number of carbonyl (C=O) groups is 1. The van der Waals surface area contributed by atoms with Crippen LogP contribution in [0.4, 0.5) is 11.5 Å². The summed E-state index contributed by atoms with van der Waals surface area (Å²) in [7, 11) is 0. The molecule has 0 atom stereocenters. The smallest absolute Gasteiger partial charge is 0.358 e. The third-order valence-corrected chi connectivity index (χ3v) is 3.64. The molecule has 9 nitrogen and oxygen atoms in total. The van der Waals surface area contributed by atoms with Crippen molar-refractivity contribution in [3.05, 3.63) is 50.6 Å². The van der Waals surface area contributed by atoms with E-state index in [0.29, 0.717) is 15.7 Å². The van der Waals surface area contributed by atoms with E-state index in [-0.39, 0.29) is 29.8 Å². The molecule has 0 radical (unpaired) electrons. The van der Waals surface area contributed by atoms with E-state index >= 15 is 0 Å². The van der Waals surface area contributed by atoms with Crippen molar-refractivity contribution < 1.29 is 9.72 Å². The summed E-state index contributed by atoms with van der Waals surface area (Å²) in [4.78, 5) is 21.7. The number of aromatic nitrogens is 2. The van der Waals surface area contributed by atoms with E-state index in [0.717, 1.165) is 0 Å². The Balaban J connectivity index is 1.76. The molecule has 3 N–H and O–H groups in total. The van der Waals surface area contributed by atoms with E-state index in [1.54, 1.807) is 18.2 Å². The largest absolute Gasteiger partial charge is 0.389 e. The molecule has 1 amide bonds. The number of hydrogen-bond donors (Lipinski definition) is 3. The topological polar surface area (TPSA) is 114 Å². The summed E-state index contributed by atoms with van der Waals surface area (Å²) in [6.07, 6.45) is 1.47. The number of nitro groups is 1. The van der Waals surface area contributed by atoms with Crippen molar-refractivity contribution in [2.45, 2.75) is 13.0 Å². The van der Waals surface area contributed by atoms with Crippen molar-refractivity contribution in [2.75, 3.05) is 5.32 Å². The van der Waals surface area contributed by atoms with Gasteiger partial charge in [0.2, 0.25) is 5.91 Å². The fraction of sp³-hybridized carbons (Fsp3) is 0.154. The molecule has 1 aromatic carbocycles. The Kier molecular flexibility index (Phi) is 6.51. The lowest BCUT2D eigenvalue weighted by Gasteiger charge is -2.12. The number of carbonyl (C=O) groups excluding carboxylic acids is 1. The second-order valence-electron chi connectivity index (χ2n) is 4.70. The highest BCUT2D eigenvalue weighted by Gasteiger charge is 2.12. The van der Waals surface area contributed by atoms with Crippen LogP contribution in [0, 0.1) is 10.1 Å². The second-order valence-corrected chi connectivity index (χ2v) is 5.95. The van der Waals surface area contributed by atoms with Crippen LogP contribution in [-0.2, 0) is 11.3 Å². The van der Waals surface area contributed by atoms with Crippen LogP contribution in [-0.4, -0.2) is 25.7 Å². The molecule has 0 unspecified atom stereocenters. The minimum absolute atomic E-state index is 0.0480. The Bertz CT molecular complexity index is 813. The number of halogens is 2. The Labute approximate surface area is 157 Å². The third-order valence-electron chi connectivity index (χ3n) is 2.87. The quantitative estimate of drug-likeness (QED) is 0.399. The first kappa shape index (κ1) is 18.9. The number of benzene rings is 1. The van der Waals surface area contributed by atoms with Gasteiger partial charge >= 0.3 is 5.82 Å². The standard InChI is InChI=1S/C13H12Cl2N6O3S/c14-8-1-2-9(15)10(7-8)16-13(25)18-17-12(22)4-6-20-5-3-11(19-20)21(23)24/h1-3,5,7H,4,6H2,(H,17,22)(H2,16,18,25). The normalized spacial score (nSPS) is 10.2. The molecule has 1 heterocycles. The van der Waals surface area contributed by atoms with Gasteiger partial charge in [-0.3, -0.25) is 15.6 Å². The molecule has 0 fully saturated rings. The van der Waals surface area contributed by atoms with Crippen molar-refractivity contribution in [2.24, 2.45) is 0 Å². The SMILES string of the molecule is O=C(CCn1ccc([N+](=O)[O-])n1)NNC(=S)Nc1cc(Cl)ccc1Cl. The van der Waals surface area contributed by atoms with E-state index in [1.165, 1.54) is 16.9 Å². The number of anilines is 1. The number of hydrazine groups is 1. The minimum Gasteiger partial charge on any atom is -0.358 e. The number of hydrogen-bond acceptors (Lipinski definition) is 5. The summed E-state index contributed by atoms with van der Waals surface area (Å²) in [5.74, 6) is -0.651. The molecule has 0 bridgehead atoms. The summed E-state index contributed by atoms with van der Waals surface area (Å²) in [6, 6.07) is 6.08. The van der Waals surface area contributed by atoms with Gasteiger partial charge in [0.15, 0.2) is 5.11 Å². The fourth-order valence-corrected chi connectivity index (χ4v) is 2.22. The highest BCUT2D eigenvalue weighted by atomic mass is 35.5. The average Bonchev–Trinajstić information content (AvgIpc) is 3.04. The molecule has 0 saturated carbocycles. The zero-order chi connectivity index (χ0) is 18.4. The highest BCUT2D eigenvalue weighted by Crippen LogP contribution is 2.25. The number of aryl methyl sites for hydroxylation is 1. The lowest BCUT2D eigenvalue weighted by molar-refractivity contribution is -0.389. The Morgan fingerprint density at radius 3 is 2.76 bits per heavy atom. The van der Waals surface area contributed by atoms with Gasteiger partial charge < -0.3 is 15.4 Å². The lowest BCUT2D eigenvalue weighted by Crippen LogP contribution is -2.44. The van der Waals surface area contributed by atoms with Gasteiger partial charge in [0.1, 0.15) is 0 Å². The van der Waals surface area contributed by atoms with Crippen molar-refractivity contribution in [1.82, 2.24) is 20.6 Å². The lowest BCUT2D eigenvalue weighted by atomic mass is 10.3. The van der Waals surface area contributed by atoms with Crippen LogP contribution in [0.1, 0.15) is 6.42 Å². The van der Waals surface area contributed by atoms with Crippen LogP contribution < -0.4 is 16.2 Å². The Morgan fingerprint density at radius 1 is 1.32 bits per heavy atom. The molecule has 25 heavy (non-hydrogen) atoms. The molecule has 1 aromatic heterocycles. The molecule has 0 saturated heterocycles. The third kappa shape index (κ3) is 5.85. The van der Waals surface area contributed by atoms with Gasteiger partial charge in [0.05, 0.1) is 34.6 Å². The molecule has 0 spiro atoms. The number of rotatable bonds is 5. The van der Waals surface area contributed by atoms with Gasteiger partial charge in [-0.05, 0) is 35.3 Å². The summed E-state index contributed by atoms with van der Waals surface area (Å²) >= 11 is 16.9. The van der Waals surface area contributed by atoms with Gasteiger partial charge in [-0.25, -0.2) is 0 Å². The maximum absolute atomic E-state index is 11.8. The Hall–Kier alpha value is -2.43. The first-order valence-corrected chi connectivity index (χ1v) is 8.00. The number of nitrogens with one attached hydrogen (secondary N) is 3. The number of nitrogens with zero attached hydrogens (tertiary/aromatic N) is 3. The van der Waals surface area contributed by atoms with Crippen molar-refractivity contribution in [1.29, 1.82) is 0 Å². The second kappa shape index (κ2) is 8.60. The molecule has 0 aliphatic carbocycles. The van der Waals surface area contributed by atoms with Gasteiger partial charge in [-0.2, -0.15) is 4.68 Å². The fourth-order valence-electron chi connectivity index (χ4n) is 1.72. The minimum atomic E-state index is -0.608. The first-order chi connectivity index (χ1) is 11.8. The van der Waals surface area contributed by atoms with Crippen LogP contribution >= 0.6 is 35.4 Å². The summed E-state index contributed by atoms with van der Waals surface area (Å²) < 4.78 is 1.31. The van der Waals surface area contributed by atoms with Crippen molar-refractivity contribution in [3.63, 3.8) is 0 Å². The van der Waals surface area contributed by atoms with Crippen LogP contribution in [0.2, 0.25) is 10.0 Å². The highest BCUT2D eigenvalue weighted by molar-refractivity contribution is 7.80. The molecule has 2 rings (SSSR count). The van der Waals surface area contributed by atoms with E-state index in [1.807, 2.05) is 0 Å².